The van der Waals surface area contributed by atoms with Gasteiger partial charge in [0.15, 0.2) is 5.76 Å². The van der Waals surface area contributed by atoms with E-state index in [0.717, 1.165) is 6.07 Å². The molecule has 0 aliphatic carbocycles. The molecule has 20 heavy (non-hydrogen) atoms. The van der Waals surface area contributed by atoms with Crippen molar-refractivity contribution in [3.63, 3.8) is 0 Å². The first-order valence-corrected chi connectivity index (χ1v) is 6.22. The number of methoxy groups -OCH3 is 1. The fourth-order valence-corrected chi connectivity index (χ4v) is 1.73. The smallest absolute Gasteiger partial charge is 0.208 e. The first kappa shape index (κ1) is 14.6. The predicted octanol–water partition coefficient (Wildman–Crippen LogP) is 2.66. The summed E-state index contributed by atoms with van der Waals surface area (Å²) in [6.45, 7) is 3.24. The molecule has 0 aliphatic rings. The minimum Gasteiger partial charge on any atom is -0.439 e. The van der Waals surface area contributed by atoms with Crippen LogP contribution in [0.25, 0.3) is 11.3 Å². The van der Waals surface area contributed by atoms with Crippen molar-refractivity contribution in [2.45, 2.75) is 13.5 Å². The zero-order valence-electron chi connectivity index (χ0n) is 11.4. The van der Waals surface area contributed by atoms with Gasteiger partial charge in [-0.3, -0.25) is 0 Å². The summed E-state index contributed by atoms with van der Waals surface area (Å²) in [6, 6.07) is 2.26. The zero-order valence-corrected chi connectivity index (χ0v) is 11.4. The molecule has 1 aromatic carbocycles. The summed E-state index contributed by atoms with van der Waals surface area (Å²) in [5.41, 5.74) is 0.567. The minimum atomic E-state index is -0.664. The van der Waals surface area contributed by atoms with Crippen LogP contribution >= 0.6 is 0 Å². The average molecular weight is 282 g/mol. The largest absolute Gasteiger partial charge is 0.439 e. The lowest BCUT2D eigenvalue weighted by Crippen LogP contribution is -2.18. The normalized spacial score (nSPS) is 11.0. The molecule has 0 amide bonds. The Bertz CT molecular complexity index is 585. The lowest BCUT2D eigenvalue weighted by molar-refractivity contribution is 0.198. The van der Waals surface area contributed by atoms with Crippen molar-refractivity contribution in [1.82, 2.24) is 10.3 Å². The maximum atomic E-state index is 13.7. The van der Waals surface area contributed by atoms with Gasteiger partial charge in [-0.05, 0) is 18.6 Å². The lowest BCUT2D eigenvalue weighted by Gasteiger charge is -2.03. The Morgan fingerprint density at radius 3 is 2.85 bits per heavy atom. The van der Waals surface area contributed by atoms with Gasteiger partial charge in [0.25, 0.3) is 0 Å². The van der Waals surface area contributed by atoms with Gasteiger partial charge >= 0.3 is 0 Å². The molecule has 0 bridgehead atoms. The highest BCUT2D eigenvalue weighted by molar-refractivity contribution is 5.58. The van der Waals surface area contributed by atoms with E-state index in [0.29, 0.717) is 31.2 Å². The van der Waals surface area contributed by atoms with Gasteiger partial charge in [0.05, 0.1) is 24.9 Å². The van der Waals surface area contributed by atoms with Crippen LogP contribution in [0.4, 0.5) is 8.78 Å². The van der Waals surface area contributed by atoms with E-state index in [4.69, 9.17) is 9.15 Å². The fraction of sp³-hybridized carbons (Fsp3) is 0.357. The number of aromatic nitrogens is 1. The van der Waals surface area contributed by atoms with E-state index in [1.807, 2.05) is 0 Å². The molecule has 1 N–H and O–H groups in total. The average Bonchev–Trinajstić information content (AvgIpc) is 2.87. The Kier molecular flexibility index (Phi) is 4.81. The molecule has 0 radical (unpaired) electrons. The molecular weight excluding hydrogens is 266 g/mol. The maximum Gasteiger partial charge on any atom is 0.208 e. The Balaban J connectivity index is 2.10. The predicted molar refractivity (Wildman–Crippen MR) is 70.2 cm³/mol. The molecule has 0 unspecified atom stereocenters. The van der Waals surface area contributed by atoms with Gasteiger partial charge in [-0.2, -0.15) is 0 Å². The van der Waals surface area contributed by atoms with Crippen molar-refractivity contribution in [1.29, 1.82) is 0 Å². The van der Waals surface area contributed by atoms with Crippen LogP contribution in [-0.4, -0.2) is 25.2 Å². The van der Waals surface area contributed by atoms with E-state index in [9.17, 15) is 8.78 Å². The molecule has 0 atom stereocenters. The van der Waals surface area contributed by atoms with Crippen LogP contribution in [0.5, 0.6) is 0 Å². The van der Waals surface area contributed by atoms with E-state index in [1.165, 1.54) is 12.3 Å². The molecule has 0 fully saturated rings. The molecule has 0 spiro atoms. The third-order valence-electron chi connectivity index (χ3n) is 2.83. The number of aryl methyl sites for hydroxylation is 1. The van der Waals surface area contributed by atoms with Crippen LogP contribution in [0.15, 0.2) is 22.7 Å². The first-order chi connectivity index (χ1) is 9.61. The molecule has 2 rings (SSSR count). The molecule has 0 saturated carbocycles. The lowest BCUT2D eigenvalue weighted by atomic mass is 10.1. The Morgan fingerprint density at radius 1 is 1.30 bits per heavy atom. The van der Waals surface area contributed by atoms with Gasteiger partial charge in [0.1, 0.15) is 11.6 Å². The highest BCUT2D eigenvalue weighted by atomic mass is 19.1. The number of hydrogen-bond acceptors (Lipinski definition) is 4. The monoisotopic (exact) mass is 282 g/mol. The summed E-state index contributed by atoms with van der Waals surface area (Å²) in [5.74, 6) is -0.512. The van der Waals surface area contributed by atoms with Crippen LogP contribution in [0.2, 0.25) is 0 Å². The molecule has 4 nitrogen and oxygen atoms in total. The maximum absolute atomic E-state index is 13.7. The summed E-state index contributed by atoms with van der Waals surface area (Å²) < 4.78 is 37.3. The molecule has 0 aliphatic heterocycles. The van der Waals surface area contributed by atoms with Gasteiger partial charge in [0.2, 0.25) is 5.89 Å². The number of hydrogen-bond donors (Lipinski definition) is 1. The van der Waals surface area contributed by atoms with Crippen LogP contribution in [0, 0.1) is 18.6 Å². The third-order valence-corrected chi connectivity index (χ3v) is 2.83. The van der Waals surface area contributed by atoms with Gasteiger partial charge in [-0.25, -0.2) is 13.8 Å². The van der Waals surface area contributed by atoms with Crippen LogP contribution in [0.1, 0.15) is 11.5 Å². The SMILES string of the molecule is COCCNCc1ncc(-c2cc(C)c(F)cc2F)o1. The molecular formula is C14H16F2N2O2. The van der Waals surface area contributed by atoms with E-state index < -0.39 is 11.6 Å². The van der Waals surface area contributed by atoms with Crippen LogP contribution in [0.3, 0.4) is 0 Å². The Labute approximate surface area is 115 Å². The highest BCUT2D eigenvalue weighted by Gasteiger charge is 2.13. The summed E-state index contributed by atoms with van der Waals surface area (Å²) in [4.78, 5) is 4.05. The first-order valence-electron chi connectivity index (χ1n) is 6.22. The number of rotatable bonds is 6. The topological polar surface area (TPSA) is 47.3 Å². The molecule has 2 aromatic rings. The van der Waals surface area contributed by atoms with Gasteiger partial charge < -0.3 is 14.5 Å². The van der Waals surface area contributed by atoms with E-state index >= 15 is 0 Å². The zero-order chi connectivity index (χ0) is 14.5. The van der Waals surface area contributed by atoms with E-state index in [1.54, 1.807) is 14.0 Å². The number of benzene rings is 1. The van der Waals surface area contributed by atoms with Crippen molar-refractivity contribution in [3.8, 4) is 11.3 Å². The van der Waals surface area contributed by atoms with Gasteiger partial charge in [0, 0.05) is 19.7 Å². The molecule has 1 heterocycles. The second-order valence-electron chi connectivity index (χ2n) is 4.37. The Morgan fingerprint density at radius 2 is 2.10 bits per heavy atom. The number of oxazole rings is 1. The number of nitrogens with zero attached hydrogens (tertiary/aromatic N) is 1. The summed E-state index contributed by atoms with van der Waals surface area (Å²) in [5, 5.41) is 3.07. The molecule has 0 saturated heterocycles. The highest BCUT2D eigenvalue weighted by Crippen LogP contribution is 2.26. The second kappa shape index (κ2) is 6.58. The number of ether oxygens (including phenoxy) is 1. The van der Waals surface area contributed by atoms with Gasteiger partial charge in [-0.15, -0.1) is 0 Å². The summed E-state index contributed by atoms with van der Waals surface area (Å²) in [6.07, 6.45) is 1.43. The minimum absolute atomic E-state index is 0.208. The standard InChI is InChI=1S/C14H16F2N2O2/c1-9-5-10(12(16)6-11(9)15)13-7-18-14(20-13)8-17-3-4-19-2/h5-7,17H,3-4,8H2,1-2H3. The van der Waals surface area contributed by atoms with Crippen molar-refractivity contribution >= 4 is 0 Å². The molecule has 6 heteroatoms. The van der Waals surface area contributed by atoms with E-state index in [2.05, 4.69) is 10.3 Å². The number of nitrogens with one attached hydrogen (secondary N) is 1. The van der Waals surface area contributed by atoms with Crippen molar-refractivity contribution < 1.29 is 17.9 Å². The van der Waals surface area contributed by atoms with Crippen molar-refractivity contribution in [3.05, 3.63) is 41.4 Å². The quantitative estimate of drug-likeness (QED) is 0.827. The summed E-state index contributed by atoms with van der Waals surface area (Å²) in [7, 11) is 1.62. The molecule has 1 aromatic heterocycles. The summed E-state index contributed by atoms with van der Waals surface area (Å²) >= 11 is 0. The van der Waals surface area contributed by atoms with Crippen molar-refractivity contribution in [2.24, 2.45) is 0 Å². The van der Waals surface area contributed by atoms with E-state index in [-0.39, 0.29) is 11.3 Å². The Hall–Kier alpha value is -1.79. The van der Waals surface area contributed by atoms with Crippen LogP contribution < -0.4 is 5.32 Å². The third kappa shape index (κ3) is 3.40. The van der Waals surface area contributed by atoms with Crippen LogP contribution in [-0.2, 0) is 11.3 Å². The fourth-order valence-electron chi connectivity index (χ4n) is 1.73. The van der Waals surface area contributed by atoms with Crippen molar-refractivity contribution in [2.75, 3.05) is 20.3 Å². The van der Waals surface area contributed by atoms with Gasteiger partial charge in [-0.1, -0.05) is 0 Å². The number of halogens is 2. The second-order valence-corrected chi connectivity index (χ2v) is 4.37. The molecule has 108 valence electrons.